The van der Waals surface area contributed by atoms with Crippen LogP contribution in [0, 0.1) is 5.82 Å². The summed E-state index contributed by atoms with van der Waals surface area (Å²) in [7, 11) is 0. The molecule has 98 valence electrons. The maximum atomic E-state index is 13.5. The van der Waals surface area contributed by atoms with Crippen LogP contribution in [0.1, 0.15) is 15.9 Å². The minimum Gasteiger partial charge on any atom is -0.478 e. The van der Waals surface area contributed by atoms with Crippen LogP contribution in [-0.4, -0.2) is 11.1 Å². The highest BCUT2D eigenvalue weighted by molar-refractivity contribution is 9.10. The minimum atomic E-state index is -0.949. The lowest BCUT2D eigenvalue weighted by atomic mass is 10.2. The maximum Gasteiger partial charge on any atom is 0.335 e. The lowest BCUT2D eigenvalue weighted by Gasteiger charge is -2.04. The molecule has 1 N–H and O–H groups in total. The SMILES string of the molecule is O=C(O)c1ccc(SCc2cc(Br)ccc2F)cc1. The van der Waals surface area contributed by atoms with Crippen molar-refractivity contribution in [1.29, 1.82) is 0 Å². The number of carbonyl (C=O) groups is 1. The number of carboxylic acid groups (broad SMARTS) is 1. The first-order valence-electron chi connectivity index (χ1n) is 5.46. The highest BCUT2D eigenvalue weighted by Gasteiger charge is 2.05. The first kappa shape index (κ1) is 14.1. The molecule has 0 amide bonds. The third kappa shape index (κ3) is 3.81. The van der Waals surface area contributed by atoms with E-state index < -0.39 is 5.97 Å². The van der Waals surface area contributed by atoms with Crippen molar-refractivity contribution in [3.63, 3.8) is 0 Å². The van der Waals surface area contributed by atoms with Crippen molar-refractivity contribution >= 4 is 33.7 Å². The minimum absolute atomic E-state index is 0.238. The molecule has 0 radical (unpaired) electrons. The zero-order valence-corrected chi connectivity index (χ0v) is 12.2. The van der Waals surface area contributed by atoms with Crippen LogP contribution in [-0.2, 0) is 5.75 Å². The summed E-state index contributed by atoms with van der Waals surface area (Å²) in [5, 5.41) is 8.79. The summed E-state index contributed by atoms with van der Waals surface area (Å²) in [5.74, 6) is -0.690. The second-order valence-corrected chi connectivity index (χ2v) is 5.82. The highest BCUT2D eigenvalue weighted by atomic mass is 79.9. The molecule has 0 aliphatic rings. The van der Waals surface area contributed by atoms with Crippen molar-refractivity contribution in [3.8, 4) is 0 Å². The Balaban J connectivity index is 2.06. The number of hydrogen-bond acceptors (Lipinski definition) is 2. The molecule has 0 atom stereocenters. The molecule has 2 aromatic rings. The summed E-state index contributed by atoms with van der Waals surface area (Å²) in [6.07, 6.45) is 0. The molecule has 0 saturated heterocycles. The number of hydrogen-bond donors (Lipinski definition) is 1. The molecule has 0 heterocycles. The van der Waals surface area contributed by atoms with Crippen LogP contribution in [0.15, 0.2) is 51.8 Å². The van der Waals surface area contributed by atoms with Gasteiger partial charge in [-0.2, -0.15) is 0 Å². The van der Waals surface area contributed by atoms with E-state index in [0.717, 1.165) is 9.37 Å². The fourth-order valence-electron chi connectivity index (χ4n) is 1.51. The molecule has 0 aromatic heterocycles. The van der Waals surface area contributed by atoms with Gasteiger partial charge in [0.05, 0.1) is 5.56 Å². The van der Waals surface area contributed by atoms with Crippen LogP contribution in [0.2, 0.25) is 0 Å². The summed E-state index contributed by atoms with van der Waals surface area (Å²) >= 11 is 4.77. The van der Waals surface area contributed by atoms with Crippen LogP contribution >= 0.6 is 27.7 Å². The van der Waals surface area contributed by atoms with Gasteiger partial charge in [0.25, 0.3) is 0 Å². The molecule has 19 heavy (non-hydrogen) atoms. The van der Waals surface area contributed by atoms with Gasteiger partial charge in [0.2, 0.25) is 0 Å². The van der Waals surface area contributed by atoms with E-state index >= 15 is 0 Å². The number of benzene rings is 2. The van der Waals surface area contributed by atoms with Gasteiger partial charge in [-0.15, -0.1) is 11.8 Å². The van der Waals surface area contributed by atoms with Crippen molar-refractivity contribution in [2.75, 3.05) is 0 Å². The van der Waals surface area contributed by atoms with Crippen LogP contribution in [0.3, 0.4) is 0 Å². The Morgan fingerprint density at radius 1 is 1.21 bits per heavy atom. The second kappa shape index (κ2) is 6.21. The van der Waals surface area contributed by atoms with Crippen molar-refractivity contribution < 1.29 is 14.3 Å². The molecule has 0 spiro atoms. The zero-order chi connectivity index (χ0) is 13.8. The van der Waals surface area contributed by atoms with Crippen molar-refractivity contribution in [1.82, 2.24) is 0 Å². The Bertz CT molecular complexity index is 599. The molecule has 0 bridgehead atoms. The van der Waals surface area contributed by atoms with Crippen molar-refractivity contribution in [2.45, 2.75) is 10.6 Å². The average Bonchev–Trinajstić information content (AvgIpc) is 2.40. The quantitative estimate of drug-likeness (QED) is 0.827. The lowest BCUT2D eigenvalue weighted by Crippen LogP contribution is -1.94. The Morgan fingerprint density at radius 3 is 2.53 bits per heavy atom. The van der Waals surface area contributed by atoms with Gasteiger partial charge in [0, 0.05) is 15.1 Å². The number of thioether (sulfide) groups is 1. The predicted molar refractivity (Wildman–Crippen MR) is 77.1 cm³/mol. The van der Waals surface area contributed by atoms with E-state index in [2.05, 4.69) is 15.9 Å². The Labute approximate surface area is 122 Å². The molecule has 2 nitrogen and oxygen atoms in total. The number of halogens is 2. The first-order valence-corrected chi connectivity index (χ1v) is 7.24. The van der Waals surface area contributed by atoms with Gasteiger partial charge in [-0.25, -0.2) is 9.18 Å². The van der Waals surface area contributed by atoms with Crippen molar-refractivity contribution in [2.24, 2.45) is 0 Å². The molecule has 2 rings (SSSR count). The number of carboxylic acids is 1. The van der Waals surface area contributed by atoms with Gasteiger partial charge in [-0.1, -0.05) is 15.9 Å². The van der Waals surface area contributed by atoms with Crippen LogP contribution < -0.4 is 0 Å². The molecule has 0 saturated carbocycles. The van der Waals surface area contributed by atoms with E-state index in [-0.39, 0.29) is 11.4 Å². The molecule has 0 fully saturated rings. The van der Waals surface area contributed by atoms with Gasteiger partial charge < -0.3 is 5.11 Å². The Kier molecular flexibility index (Phi) is 4.61. The van der Waals surface area contributed by atoms with E-state index in [0.29, 0.717) is 11.3 Å². The molecular weight excluding hydrogens is 331 g/mol. The average molecular weight is 341 g/mol. The summed E-state index contributed by atoms with van der Waals surface area (Å²) in [4.78, 5) is 11.6. The molecule has 2 aromatic carbocycles. The monoisotopic (exact) mass is 340 g/mol. The normalized spacial score (nSPS) is 10.4. The fraction of sp³-hybridized carbons (Fsp3) is 0.0714. The summed E-state index contributed by atoms with van der Waals surface area (Å²) < 4.78 is 14.4. The van der Waals surface area contributed by atoms with E-state index in [4.69, 9.17) is 5.11 Å². The Morgan fingerprint density at radius 2 is 1.89 bits per heavy atom. The zero-order valence-electron chi connectivity index (χ0n) is 9.77. The van der Waals surface area contributed by atoms with E-state index in [1.165, 1.54) is 17.8 Å². The topological polar surface area (TPSA) is 37.3 Å². The first-order chi connectivity index (χ1) is 9.06. The van der Waals surface area contributed by atoms with Crippen LogP contribution in [0.25, 0.3) is 0 Å². The summed E-state index contributed by atoms with van der Waals surface area (Å²) in [6, 6.07) is 11.4. The molecule has 0 aliphatic heterocycles. The number of aromatic carboxylic acids is 1. The van der Waals surface area contributed by atoms with Gasteiger partial charge in [-0.05, 0) is 48.0 Å². The van der Waals surface area contributed by atoms with Crippen LogP contribution in [0.5, 0.6) is 0 Å². The van der Waals surface area contributed by atoms with Crippen molar-refractivity contribution in [3.05, 3.63) is 63.9 Å². The maximum absolute atomic E-state index is 13.5. The van der Waals surface area contributed by atoms with Gasteiger partial charge in [0.1, 0.15) is 5.82 Å². The van der Waals surface area contributed by atoms with Gasteiger partial charge >= 0.3 is 5.97 Å². The molecule has 0 unspecified atom stereocenters. The standard InChI is InChI=1S/C14H10BrFO2S/c15-11-3-6-13(16)10(7-11)8-19-12-4-1-9(2-5-12)14(17)18/h1-7H,8H2,(H,17,18). The summed E-state index contributed by atoms with van der Waals surface area (Å²) in [6.45, 7) is 0. The highest BCUT2D eigenvalue weighted by Crippen LogP contribution is 2.26. The van der Waals surface area contributed by atoms with Gasteiger partial charge in [0.15, 0.2) is 0 Å². The molecule has 0 aliphatic carbocycles. The van der Waals surface area contributed by atoms with E-state index in [1.807, 2.05) is 0 Å². The van der Waals surface area contributed by atoms with Crippen LogP contribution in [0.4, 0.5) is 4.39 Å². The summed E-state index contributed by atoms with van der Waals surface area (Å²) in [5.41, 5.74) is 0.861. The molecule has 5 heteroatoms. The predicted octanol–water partition coefficient (Wildman–Crippen LogP) is 4.58. The number of rotatable bonds is 4. The smallest absolute Gasteiger partial charge is 0.335 e. The van der Waals surface area contributed by atoms with E-state index in [1.54, 1.807) is 36.4 Å². The third-order valence-corrected chi connectivity index (χ3v) is 4.06. The third-order valence-electron chi connectivity index (χ3n) is 2.50. The van der Waals surface area contributed by atoms with Gasteiger partial charge in [-0.3, -0.25) is 0 Å². The molecular formula is C14H10BrFO2S. The fourth-order valence-corrected chi connectivity index (χ4v) is 2.79. The van der Waals surface area contributed by atoms with E-state index in [9.17, 15) is 9.18 Å². The Hall–Kier alpha value is -1.33. The lowest BCUT2D eigenvalue weighted by molar-refractivity contribution is 0.0697. The largest absolute Gasteiger partial charge is 0.478 e. The second-order valence-electron chi connectivity index (χ2n) is 3.85.